The van der Waals surface area contributed by atoms with Crippen molar-refractivity contribution >= 4 is 23.9 Å². The van der Waals surface area contributed by atoms with Crippen molar-refractivity contribution < 1.29 is 28.7 Å². The van der Waals surface area contributed by atoms with E-state index in [2.05, 4.69) is 10.6 Å². The number of amides is 3. The quantitative estimate of drug-likeness (QED) is 0.430. The standard InChI is InChI=1S/C28H43N3O6/c1-9-36-22(32)14-15-29-25(33)24(21-13-10-18(4)16-19(21)5)31(20-11-12-20)26(34)23(17(2)3)30-27(35)37-28(6,7)8/h10,13,16-17,20,23-24H,9,11-12,14-15H2,1-8H3,(H,29,33)(H,30,35). The average Bonchev–Trinajstić information content (AvgIpc) is 3.59. The lowest BCUT2D eigenvalue weighted by atomic mass is 9.95. The van der Waals surface area contributed by atoms with Crippen LogP contribution in [0.1, 0.15) is 83.5 Å². The predicted octanol–water partition coefficient (Wildman–Crippen LogP) is 3.95. The summed E-state index contributed by atoms with van der Waals surface area (Å²) >= 11 is 0. The zero-order valence-electron chi connectivity index (χ0n) is 23.5. The lowest BCUT2D eigenvalue weighted by Gasteiger charge is -2.36. The van der Waals surface area contributed by atoms with Crippen LogP contribution in [0.2, 0.25) is 0 Å². The maximum atomic E-state index is 14.0. The number of ether oxygens (including phenoxy) is 2. The molecule has 1 saturated carbocycles. The molecule has 1 aromatic rings. The van der Waals surface area contributed by atoms with Crippen LogP contribution in [0, 0.1) is 19.8 Å². The second-order valence-electron chi connectivity index (χ2n) is 11.0. The average molecular weight is 518 g/mol. The van der Waals surface area contributed by atoms with Gasteiger partial charge >= 0.3 is 12.1 Å². The molecule has 3 amide bonds. The first-order valence-corrected chi connectivity index (χ1v) is 13.1. The summed E-state index contributed by atoms with van der Waals surface area (Å²) < 4.78 is 10.4. The fraction of sp³-hybridized carbons (Fsp3) is 0.643. The van der Waals surface area contributed by atoms with Gasteiger partial charge < -0.3 is 25.0 Å². The molecular formula is C28H43N3O6. The molecule has 0 saturated heterocycles. The van der Waals surface area contributed by atoms with Crippen LogP contribution in [0.15, 0.2) is 18.2 Å². The third-order valence-corrected chi connectivity index (χ3v) is 5.98. The minimum Gasteiger partial charge on any atom is -0.466 e. The minimum atomic E-state index is -0.913. The molecule has 1 aliphatic carbocycles. The van der Waals surface area contributed by atoms with Crippen molar-refractivity contribution in [1.82, 2.24) is 15.5 Å². The highest BCUT2D eigenvalue weighted by molar-refractivity contribution is 5.93. The van der Waals surface area contributed by atoms with Crippen LogP contribution in [0.25, 0.3) is 0 Å². The zero-order chi connectivity index (χ0) is 27.9. The third-order valence-electron chi connectivity index (χ3n) is 5.98. The van der Waals surface area contributed by atoms with Gasteiger partial charge in [0.25, 0.3) is 0 Å². The molecule has 206 valence electrons. The van der Waals surface area contributed by atoms with E-state index >= 15 is 0 Å². The van der Waals surface area contributed by atoms with Gasteiger partial charge in [0.2, 0.25) is 11.8 Å². The Morgan fingerprint density at radius 2 is 1.76 bits per heavy atom. The van der Waals surface area contributed by atoms with E-state index in [1.807, 2.05) is 45.9 Å². The predicted molar refractivity (Wildman–Crippen MR) is 141 cm³/mol. The Morgan fingerprint density at radius 1 is 1.11 bits per heavy atom. The number of hydrogen-bond donors (Lipinski definition) is 2. The van der Waals surface area contributed by atoms with Gasteiger partial charge in [0.15, 0.2) is 0 Å². The van der Waals surface area contributed by atoms with Gasteiger partial charge in [-0.05, 0) is 71.4 Å². The summed E-state index contributed by atoms with van der Waals surface area (Å²) in [5.41, 5.74) is 1.91. The van der Waals surface area contributed by atoms with Gasteiger partial charge in [-0.25, -0.2) is 4.79 Å². The third kappa shape index (κ3) is 9.05. The number of hydrogen-bond acceptors (Lipinski definition) is 6. The lowest BCUT2D eigenvalue weighted by Crippen LogP contribution is -2.55. The van der Waals surface area contributed by atoms with E-state index in [1.54, 1.807) is 32.6 Å². The van der Waals surface area contributed by atoms with Crippen LogP contribution in [0.3, 0.4) is 0 Å². The summed E-state index contributed by atoms with van der Waals surface area (Å²) in [6, 6.07) is 3.84. The van der Waals surface area contributed by atoms with Crippen molar-refractivity contribution in [1.29, 1.82) is 0 Å². The van der Waals surface area contributed by atoms with Gasteiger partial charge in [0.05, 0.1) is 13.0 Å². The number of esters is 1. The van der Waals surface area contributed by atoms with E-state index in [0.717, 1.165) is 24.0 Å². The largest absolute Gasteiger partial charge is 0.466 e. The molecule has 37 heavy (non-hydrogen) atoms. The van der Waals surface area contributed by atoms with Gasteiger partial charge in [0, 0.05) is 12.6 Å². The topological polar surface area (TPSA) is 114 Å². The smallest absolute Gasteiger partial charge is 0.408 e. The van der Waals surface area contributed by atoms with Gasteiger partial charge in [0.1, 0.15) is 17.7 Å². The van der Waals surface area contributed by atoms with Crippen molar-refractivity contribution in [2.24, 2.45) is 5.92 Å². The molecule has 0 radical (unpaired) electrons. The Bertz CT molecular complexity index is 981. The molecule has 2 atom stereocenters. The number of carbonyl (C=O) groups excluding carboxylic acids is 4. The van der Waals surface area contributed by atoms with E-state index in [1.165, 1.54) is 0 Å². The van der Waals surface area contributed by atoms with Crippen LogP contribution in [0.4, 0.5) is 4.79 Å². The van der Waals surface area contributed by atoms with Crippen LogP contribution < -0.4 is 10.6 Å². The highest BCUT2D eigenvalue weighted by atomic mass is 16.6. The maximum Gasteiger partial charge on any atom is 0.408 e. The van der Waals surface area contributed by atoms with Gasteiger partial charge in [-0.2, -0.15) is 0 Å². The first-order chi connectivity index (χ1) is 17.2. The molecule has 0 spiro atoms. The van der Waals surface area contributed by atoms with Crippen molar-refractivity contribution in [2.75, 3.05) is 13.2 Å². The molecule has 2 rings (SSSR count). The summed E-state index contributed by atoms with van der Waals surface area (Å²) in [6.45, 7) is 14.9. The summed E-state index contributed by atoms with van der Waals surface area (Å²) in [5.74, 6) is -1.36. The van der Waals surface area contributed by atoms with Gasteiger partial charge in [-0.15, -0.1) is 0 Å². The molecule has 0 aromatic heterocycles. The minimum absolute atomic E-state index is 0.0331. The van der Waals surface area contributed by atoms with E-state index in [4.69, 9.17) is 9.47 Å². The van der Waals surface area contributed by atoms with Crippen molar-refractivity contribution in [3.63, 3.8) is 0 Å². The number of aryl methyl sites for hydroxylation is 2. The van der Waals surface area contributed by atoms with Gasteiger partial charge in [-0.3, -0.25) is 14.4 Å². The molecule has 0 bridgehead atoms. The first-order valence-electron chi connectivity index (χ1n) is 13.1. The van der Waals surface area contributed by atoms with E-state index in [0.29, 0.717) is 5.56 Å². The lowest BCUT2D eigenvalue weighted by molar-refractivity contribution is -0.145. The van der Waals surface area contributed by atoms with Gasteiger partial charge in [-0.1, -0.05) is 37.6 Å². The molecule has 0 heterocycles. The summed E-state index contributed by atoms with van der Waals surface area (Å²) in [4.78, 5) is 53.7. The van der Waals surface area contributed by atoms with Crippen LogP contribution in [0.5, 0.6) is 0 Å². The van der Waals surface area contributed by atoms with E-state index < -0.39 is 29.7 Å². The second kappa shape index (κ2) is 12.9. The molecule has 1 fully saturated rings. The monoisotopic (exact) mass is 517 g/mol. The highest BCUT2D eigenvalue weighted by Gasteiger charge is 2.45. The number of rotatable bonds is 11. The first kappa shape index (κ1) is 30.1. The molecule has 2 unspecified atom stereocenters. The van der Waals surface area contributed by atoms with Crippen molar-refractivity contribution in [3.8, 4) is 0 Å². The van der Waals surface area contributed by atoms with Crippen LogP contribution >= 0.6 is 0 Å². The summed E-state index contributed by atoms with van der Waals surface area (Å²) in [5, 5.41) is 5.56. The summed E-state index contributed by atoms with van der Waals surface area (Å²) in [7, 11) is 0. The molecule has 9 heteroatoms. The Balaban J connectivity index is 2.40. The highest BCUT2D eigenvalue weighted by Crippen LogP contribution is 2.37. The summed E-state index contributed by atoms with van der Waals surface area (Å²) in [6.07, 6.45) is 0.879. The molecule has 1 aliphatic rings. The SMILES string of the molecule is CCOC(=O)CCNC(=O)C(c1ccc(C)cc1C)N(C(=O)C(NC(=O)OC(C)(C)C)C(C)C)C1CC1. The number of nitrogens with zero attached hydrogens (tertiary/aromatic N) is 1. The number of benzene rings is 1. The fourth-order valence-corrected chi connectivity index (χ4v) is 4.15. The Hall–Kier alpha value is -3.10. The van der Waals surface area contributed by atoms with Crippen molar-refractivity contribution in [2.45, 2.75) is 98.4 Å². The molecule has 9 nitrogen and oxygen atoms in total. The Kier molecular flexibility index (Phi) is 10.5. The molecule has 2 N–H and O–H groups in total. The molecule has 1 aromatic carbocycles. The van der Waals surface area contributed by atoms with Crippen molar-refractivity contribution in [3.05, 3.63) is 34.9 Å². The number of nitrogens with one attached hydrogen (secondary N) is 2. The Labute approximate surface area is 220 Å². The van der Waals surface area contributed by atoms with Crippen LogP contribution in [-0.2, 0) is 23.9 Å². The number of alkyl carbamates (subject to hydrolysis) is 1. The Morgan fingerprint density at radius 3 is 2.27 bits per heavy atom. The normalized spacial score (nSPS) is 14.9. The fourth-order valence-electron chi connectivity index (χ4n) is 4.15. The number of carbonyl (C=O) groups is 4. The molecular weight excluding hydrogens is 474 g/mol. The second-order valence-corrected chi connectivity index (χ2v) is 11.0. The zero-order valence-corrected chi connectivity index (χ0v) is 23.5. The van der Waals surface area contributed by atoms with Crippen LogP contribution in [-0.4, -0.2) is 59.6 Å². The molecule has 0 aliphatic heterocycles. The van der Waals surface area contributed by atoms with E-state index in [-0.39, 0.29) is 43.3 Å². The van der Waals surface area contributed by atoms with E-state index in [9.17, 15) is 19.2 Å². The maximum absolute atomic E-state index is 14.0.